The van der Waals surface area contributed by atoms with Crippen LogP contribution in [0.1, 0.15) is 28.8 Å². The summed E-state index contributed by atoms with van der Waals surface area (Å²) in [7, 11) is 0. The largest absolute Gasteiger partial charge is 0.507 e. The molecule has 0 unspecified atom stereocenters. The Bertz CT molecular complexity index is 876. The number of aryl methyl sites for hydroxylation is 1. The summed E-state index contributed by atoms with van der Waals surface area (Å²) in [5.41, 5.74) is 1.11. The molecular weight excluding hydrogens is 350 g/mol. The first-order valence-corrected chi connectivity index (χ1v) is 8.44. The van der Waals surface area contributed by atoms with Crippen molar-refractivity contribution in [1.82, 2.24) is 20.4 Å². The van der Waals surface area contributed by atoms with Crippen LogP contribution in [0, 0.1) is 0 Å². The first-order valence-electron chi connectivity index (χ1n) is 7.25. The number of carbonyl (C=O) groups is 1. The highest BCUT2D eigenvalue weighted by Crippen LogP contribution is 2.30. The second-order valence-electron chi connectivity index (χ2n) is 5.03. The summed E-state index contributed by atoms with van der Waals surface area (Å²) in [6.45, 7) is 2.05. The van der Waals surface area contributed by atoms with E-state index in [1.807, 2.05) is 0 Å². The molecule has 124 valence electrons. The molecule has 0 atom stereocenters. The first-order chi connectivity index (χ1) is 11.6. The summed E-state index contributed by atoms with van der Waals surface area (Å²) in [6.07, 6.45) is 1.80. The molecule has 0 aliphatic carbocycles. The second kappa shape index (κ2) is 6.98. The average Bonchev–Trinajstić information content (AvgIpc) is 3.20. The van der Waals surface area contributed by atoms with E-state index in [2.05, 4.69) is 32.6 Å². The van der Waals surface area contributed by atoms with Crippen molar-refractivity contribution in [2.45, 2.75) is 19.8 Å². The fourth-order valence-corrected chi connectivity index (χ4v) is 3.08. The molecule has 0 bridgehead atoms. The Morgan fingerprint density at radius 2 is 2.21 bits per heavy atom. The van der Waals surface area contributed by atoms with Gasteiger partial charge in [-0.25, -0.2) is 0 Å². The quantitative estimate of drug-likeness (QED) is 0.643. The minimum atomic E-state index is -0.380. The van der Waals surface area contributed by atoms with Crippen molar-refractivity contribution in [2.75, 3.05) is 5.32 Å². The van der Waals surface area contributed by atoms with Crippen LogP contribution in [0.2, 0.25) is 5.02 Å². The highest BCUT2D eigenvalue weighted by molar-refractivity contribution is 7.15. The number of carbonyl (C=O) groups excluding carboxylic acids is 1. The Labute approximate surface area is 146 Å². The van der Waals surface area contributed by atoms with Gasteiger partial charge in [-0.2, -0.15) is 5.10 Å². The van der Waals surface area contributed by atoms with Gasteiger partial charge in [0.25, 0.3) is 5.91 Å². The number of aromatic hydroxyl groups is 1. The van der Waals surface area contributed by atoms with Gasteiger partial charge >= 0.3 is 0 Å². The lowest BCUT2D eigenvalue weighted by molar-refractivity contribution is 0.102. The summed E-state index contributed by atoms with van der Waals surface area (Å²) in [5, 5.41) is 29.0. The molecule has 0 aliphatic rings. The predicted molar refractivity (Wildman–Crippen MR) is 92.6 cm³/mol. The number of nitrogens with one attached hydrogen (secondary N) is 2. The number of hydrogen-bond acceptors (Lipinski definition) is 6. The van der Waals surface area contributed by atoms with Gasteiger partial charge in [-0.15, -0.1) is 10.2 Å². The SMILES string of the molecule is CCCc1nnc(NC(=O)c2cc(-c3cc(Cl)ccc3O)n[nH]2)s1. The number of halogens is 1. The minimum absolute atomic E-state index is 0.0335. The van der Waals surface area contributed by atoms with Gasteiger partial charge in [-0.3, -0.25) is 15.2 Å². The number of phenols is 1. The van der Waals surface area contributed by atoms with Crippen LogP contribution in [-0.2, 0) is 6.42 Å². The van der Waals surface area contributed by atoms with Crippen LogP contribution >= 0.6 is 22.9 Å². The van der Waals surface area contributed by atoms with E-state index >= 15 is 0 Å². The van der Waals surface area contributed by atoms with Crippen LogP contribution in [0.4, 0.5) is 5.13 Å². The maximum Gasteiger partial charge on any atom is 0.275 e. The number of aromatic amines is 1. The van der Waals surface area contributed by atoms with Crippen molar-refractivity contribution in [3.63, 3.8) is 0 Å². The van der Waals surface area contributed by atoms with Crippen molar-refractivity contribution >= 4 is 34.0 Å². The molecule has 9 heteroatoms. The molecule has 0 fully saturated rings. The third kappa shape index (κ3) is 3.55. The van der Waals surface area contributed by atoms with Crippen LogP contribution in [0.5, 0.6) is 5.75 Å². The number of rotatable bonds is 5. The Hall–Kier alpha value is -2.45. The number of benzene rings is 1. The number of nitrogens with zero attached hydrogens (tertiary/aromatic N) is 3. The number of hydrogen-bond donors (Lipinski definition) is 3. The molecule has 0 aliphatic heterocycles. The molecular formula is C15H14ClN5O2S. The monoisotopic (exact) mass is 363 g/mol. The van der Waals surface area contributed by atoms with Gasteiger partial charge in [0.1, 0.15) is 16.5 Å². The Balaban J connectivity index is 1.77. The van der Waals surface area contributed by atoms with Crippen molar-refractivity contribution in [2.24, 2.45) is 0 Å². The zero-order valence-corrected chi connectivity index (χ0v) is 14.3. The molecule has 3 rings (SSSR count). The smallest absolute Gasteiger partial charge is 0.275 e. The van der Waals surface area contributed by atoms with Crippen molar-refractivity contribution < 1.29 is 9.90 Å². The number of anilines is 1. The molecule has 2 aromatic heterocycles. The maximum atomic E-state index is 12.2. The number of amides is 1. The summed E-state index contributed by atoms with van der Waals surface area (Å²) in [5.74, 6) is -0.347. The molecule has 7 nitrogen and oxygen atoms in total. The predicted octanol–water partition coefficient (Wildman–Crippen LogP) is 3.49. The van der Waals surface area contributed by atoms with E-state index in [9.17, 15) is 9.90 Å². The summed E-state index contributed by atoms with van der Waals surface area (Å²) in [4.78, 5) is 12.2. The minimum Gasteiger partial charge on any atom is -0.507 e. The average molecular weight is 364 g/mol. The number of aromatic nitrogens is 4. The van der Waals surface area contributed by atoms with Gasteiger partial charge in [-0.1, -0.05) is 29.9 Å². The van der Waals surface area contributed by atoms with Crippen LogP contribution < -0.4 is 5.32 Å². The molecule has 0 saturated carbocycles. The fourth-order valence-electron chi connectivity index (χ4n) is 2.07. The van der Waals surface area contributed by atoms with E-state index in [-0.39, 0.29) is 17.4 Å². The Morgan fingerprint density at radius 3 is 3.00 bits per heavy atom. The summed E-state index contributed by atoms with van der Waals surface area (Å²) >= 11 is 7.27. The molecule has 1 aromatic carbocycles. The lowest BCUT2D eigenvalue weighted by atomic mass is 10.1. The maximum absolute atomic E-state index is 12.2. The van der Waals surface area contributed by atoms with Gasteiger partial charge in [0, 0.05) is 17.0 Å². The molecule has 24 heavy (non-hydrogen) atoms. The third-order valence-electron chi connectivity index (χ3n) is 3.21. The number of phenolic OH excluding ortho intramolecular Hbond substituents is 1. The highest BCUT2D eigenvalue weighted by atomic mass is 35.5. The number of H-pyrrole nitrogens is 1. The van der Waals surface area contributed by atoms with Crippen molar-refractivity contribution in [3.8, 4) is 17.0 Å². The summed E-state index contributed by atoms with van der Waals surface area (Å²) < 4.78 is 0. The van der Waals surface area contributed by atoms with E-state index < -0.39 is 0 Å². The molecule has 2 heterocycles. The summed E-state index contributed by atoms with van der Waals surface area (Å²) in [6, 6.07) is 6.16. The van der Waals surface area contributed by atoms with E-state index in [1.165, 1.54) is 23.5 Å². The van der Waals surface area contributed by atoms with Gasteiger partial charge in [0.15, 0.2) is 0 Å². The highest BCUT2D eigenvalue weighted by Gasteiger charge is 2.15. The van der Waals surface area contributed by atoms with Gasteiger partial charge < -0.3 is 5.11 Å². The molecule has 0 radical (unpaired) electrons. The van der Waals surface area contributed by atoms with Crippen LogP contribution in [0.3, 0.4) is 0 Å². The third-order valence-corrected chi connectivity index (χ3v) is 4.34. The van der Waals surface area contributed by atoms with E-state index in [4.69, 9.17) is 11.6 Å². The van der Waals surface area contributed by atoms with E-state index in [0.717, 1.165) is 17.8 Å². The lowest BCUT2D eigenvalue weighted by Gasteiger charge is -2.00. The Kier molecular flexibility index (Phi) is 4.77. The fraction of sp³-hybridized carbons (Fsp3) is 0.200. The molecule has 0 spiro atoms. The van der Waals surface area contributed by atoms with Gasteiger partial charge in [0.05, 0.1) is 5.69 Å². The topological polar surface area (TPSA) is 104 Å². The van der Waals surface area contributed by atoms with Gasteiger partial charge in [0.2, 0.25) is 5.13 Å². The second-order valence-corrected chi connectivity index (χ2v) is 6.53. The first kappa shape index (κ1) is 16.4. The van der Waals surface area contributed by atoms with Crippen molar-refractivity contribution in [3.05, 3.63) is 40.0 Å². The molecule has 3 aromatic rings. The zero-order valence-electron chi connectivity index (χ0n) is 12.7. The van der Waals surface area contributed by atoms with Crippen LogP contribution in [0.15, 0.2) is 24.3 Å². The Morgan fingerprint density at radius 1 is 1.38 bits per heavy atom. The lowest BCUT2D eigenvalue weighted by Crippen LogP contribution is -2.12. The zero-order chi connectivity index (χ0) is 17.1. The van der Waals surface area contributed by atoms with E-state index in [0.29, 0.717) is 21.4 Å². The molecule has 3 N–H and O–H groups in total. The van der Waals surface area contributed by atoms with Gasteiger partial charge in [-0.05, 0) is 30.7 Å². The normalized spacial score (nSPS) is 10.8. The van der Waals surface area contributed by atoms with E-state index in [1.54, 1.807) is 12.1 Å². The van der Waals surface area contributed by atoms with Crippen LogP contribution in [0.25, 0.3) is 11.3 Å². The van der Waals surface area contributed by atoms with Crippen molar-refractivity contribution in [1.29, 1.82) is 0 Å². The molecule has 1 amide bonds. The van der Waals surface area contributed by atoms with Crippen LogP contribution in [-0.4, -0.2) is 31.4 Å². The standard InChI is InChI=1S/C15H14ClN5O2S/c1-2-3-13-20-21-15(24-13)17-14(23)11-7-10(18-19-11)9-6-8(16)4-5-12(9)22/h4-7,22H,2-3H2,1H3,(H,18,19)(H,17,21,23). The molecule has 0 saturated heterocycles.